The second-order valence-electron chi connectivity index (χ2n) is 3.31. The summed E-state index contributed by atoms with van der Waals surface area (Å²) in [7, 11) is 0. The van der Waals surface area contributed by atoms with Gasteiger partial charge in [0.1, 0.15) is 0 Å². The summed E-state index contributed by atoms with van der Waals surface area (Å²) in [4.78, 5) is 14.3. The molecule has 0 atom stereocenters. The molecule has 1 aromatic heterocycles. The third-order valence-electron chi connectivity index (χ3n) is 2.28. The van der Waals surface area contributed by atoms with Crippen molar-refractivity contribution in [3.63, 3.8) is 0 Å². The number of alkyl halides is 1. The van der Waals surface area contributed by atoms with Crippen LogP contribution >= 0.6 is 0 Å². The van der Waals surface area contributed by atoms with Crippen LogP contribution in [0.1, 0.15) is 16.1 Å². The van der Waals surface area contributed by atoms with Crippen molar-refractivity contribution in [2.24, 2.45) is 0 Å². The molecule has 1 aliphatic heterocycles. The lowest BCUT2D eigenvalue weighted by atomic mass is 9.94. The van der Waals surface area contributed by atoms with Gasteiger partial charge in [-0.15, -0.1) is 0 Å². The number of hydrogen-bond acceptors (Lipinski definition) is 3. The van der Waals surface area contributed by atoms with Crippen LogP contribution in [0.25, 0.3) is 0 Å². The molecule has 0 bridgehead atoms. The van der Waals surface area contributed by atoms with Crippen molar-refractivity contribution in [2.75, 3.05) is 13.1 Å². The largest absolute Gasteiger partial charge is 0.478 e. The number of carbonyl (C=O) groups is 1. The van der Waals surface area contributed by atoms with Crippen molar-refractivity contribution in [1.82, 2.24) is 10.3 Å². The van der Waals surface area contributed by atoms with E-state index in [1.54, 1.807) is 0 Å². The van der Waals surface area contributed by atoms with E-state index in [9.17, 15) is 9.18 Å². The van der Waals surface area contributed by atoms with Gasteiger partial charge < -0.3 is 10.4 Å². The fourth-order valence-corrected chi connectivity index (χ4v) is 1.31. The molecule has 0 amide bonds. The monoisotopic (exact) mass is 196 g/mol. The van der Waals surface area contributed by atoms with Crippen molar-refractivity contribution in [3.8, 4) is 0 Å². The molecule has 0 saturated carbocycles. The summed E-state index contributed by atoms with van der Waals surface area (Å²) in [6, 6.07) is 2.79. The maximum absolute atomic E-state index is 13.7. The van der Waals surface area contributed by atoms with Crippen LogP contribution in [0.4, 0.5) is 4.39 Å². The lowest BCUT2D eigenvalue weighted by Crippen LogP contribution is -2.54. The molecule has 1 aliphatic rings. The highest BCUT2D eigenvalue weighted by Gasteiger charge is 2.40. The highest BCUT2D eigenvalue weighted by Crippen LogP contribution is 2.28. The highest BCUT2D eigenvalue weighted by atomic mass is 19.1. The highest BCUT2D eigenvalue weighted by molar-refractivity contribution is 5.87. The molecule has 0 aliphatic carbocycles. The lowest BCUT2D eigenvalue weighted by Gasteiger charge is -2.34. The van der Waals surface area contributed by atoms with Crippen LogP contribution in [0.2, 0.25) is 0 Å². The van der Waals surface area contributed by atoms with E-state index in [0.717, 1.165) is 0 Å². The van der Waals surface area contributed by atoms with E-state index >= 15 is 0 Å². The first kappa shape index (κ1) is 9.08. The molecule has 0 unspecified atom stereocenters. The number of nitrogens with zero attached hydrogens (tertiary/aromatic N) is 1. The number of halogens is 1. The number of carboxylic acid groups (broad SMARTS) is 1. The predicted molar refractivity (Wildman–Crippen MR) is 46.9 cm³/mol. The first-order valence-corrected chi connectivity index (χ1v) is 4.21. The summed E-state index contributed by atoms with van der Waals surface area (Å²) in [5.74, 6) is -1.05. The minimum absolute atomic E-state index is 0.0737. The fourth-order valence-electron chi connectivity index (χ4n) is 1.31. The Kier molecular flexibility index (Phi) is 1.96. The molecule has 4 nitrogen and oxygen atoms in total. The van der Waals surface area contributed by atoms with Crippen LogP contribution in [-0.4, -0.2) is 29.1 Å². The van der Waals surface area contributed by atoms with Crippen LogP contribution in [0.3, 0.4) is 0 Å². The van der Waals surface area contributed by atoms with Gasteiger partial charge >= 0.3 is 5.97 Å². The Morgan fingerprint density at radius 2 is 2.29 bits per heavy atom. The average Bonchev–Trinajstić information content (AvgIpc) is 2.14. The summed E-state index contributed by atoms with van der Waals surface area (Å²) < 4.78 is 13.7. The van der Waals surface area contributed by atoms with Crippen molar-refractivity contribution in [3.05, 3.63) is 29.6 Å². The summed E-state index contributed by atoms with van der Waals surface area (Å²) in [5.41, 5.74) is -1.05. The summed E-state index contributed by atoms with van der Waals surface area (Å²) in [6.45, 7) is 0.485. The van der Waals surface area contributed by atoms with Crippen molar-refractivity contribution >= 4 is 5.97 Å². The number of aromatic nitrogens is 1. The van der Waals surface area contributed by atoms with E-state index in [2.05, 4.69) is 10.3 Å². The molecule has 14 heavy (non-hydrogen) atoms. The molecular weight excluding hydrogens is 187 g/mol. The molecule has 74 valence electrons. The SMILES string of the molecule is O=C(O)c1ccc(C2(F)CNC2)nc1. The van der Waals surface area contributed by atoms with Crippen LogP contribution in [0, 0.1) is 0 Å². The Balaban J connectivity index is 2.25. The van der Waals surface area contributed by atoms with Gasteiger partial charge in [0, 0.05) is 19.3 Å². The molecular formula is C9H9FN2O2. The second kappa shape index (κ2) is 3.02. The maximum Gasteiger partial charge on any atom is 0.337 e. The summed E-state index contributed by atoms with van der Waals surface area (Å²) in [5, 5.41) is 11.4. The topological polar surface area (TPSA) is 62.2 Å². The zero-order valence-corrected chi connectivity index (χ0v) is 7.33. The molecule has 0 radical (unpaired) electrons. The van der Waals surface area contributed by atoms with Crippen molar-refractivity contribution in [2.45, 2.75) is 5.67 Å². The van der Waals surface area contributed by atoms with Gasteiger partial charge in [0.25, 0.3) is 0 Å². The van der Waals surface area contributed by atoms with E-state index in [1.165, 1.54) is 18.3 Å². The van der Waals surface area contributed by atoms with Gasteiger partial charge in [0.2, 0.25) is 0 Å². The predicted octanol–water partition coefficient (Wildman–Crippen LogP) is 0.548. The minimum Gasteiger partial charge on any atom is -0.478 e. The number of hydrogen-bond donors (Lipinski definition) is 2. The van der Waals surface area contributed by atoms with Crippen LogP contribution in [0.5, 0.6) is 0 Å². The first-order valence-electron chi connectivity index (χ1n) is 4.21. The van der Waals surface area contributed by atoms with E-state index in [0.29, 0.717) is 5.69 Å². The summed E-state index contributed by atoms with van der Waals surface area (Å²) >= 11 is 0. The van der Waals surface area contributed by atoms with E-state index < -0.39 is 11.6 Å². The third-order valence-corrected chi connectivity index (χ3v) is 2.28. The van der Waals surface area contributed by atoms with E-state index in [-0.39, 0.29) is 18.7 Å². The van der Waals surface area contributed by atoms with Gasteiger partial charge in [0.05, 0.1) is 11.3 Å². The number of rotatable bonds is 2. The normalized spacial score (nSPS) is 18.6. The maximum atomic E-state index is 13.7. The molecule has 0 aromatic carbocycles. The Hall–Kier alpha value is -1.49. The number of pyridine rings is 1. The van der Waals surface area contributed by atoms with Gasteiger partial charge in [-0.25, -0.2) is 9.18 Å². The van der Waals surface area contributed by atoms with Gasteiger partial charge in [-0.1, -0.05) is 0 Å². The Labute approximate surface area is 79.8 Å². The first-order chi connectivity index (χ1) is 6.62. The minimum atomic E-state index is -1.42. The number of aromatic carboxylic acids is 1. The number of nitrogens with one attached hydrogen (secondary N) is 1. The molecule has 2 N–H and O–H groups in total. The lowest BCUT2D eigenvalue weighted by molar-refractivity contribution is 0.0693. The zero-order valence-electron chi connectivity index (χ0n) is 7.33. The number of carboxylic acids is 1. The average molecular weight is 196 g/mol. The van der Waals surface area contributed by atoms with Crippen LogP contribution < -0.4 is 5.32 Å². The quantitative estimate of drug-likeness (QED) is 0.725. The Morgan fingerprint density at radius 1 is 1.57 bits per heavy atom. The Morgan fingerprint density at radius 3 is 2.64 bits per heavy atom. The van der Waals surface area contributed by atoms with Crippen molar-refractivity contribution in [1.29, 1.82) is 0 Å². The molecule has 2 rings (SSSR count). The standard InChI is InChI=1S/C9H9FN2O2/c10-9(4-11-5-9)7-2-1-6(3-12-7)8(13)14/h1-3,11H,4-5H2,(H,13,14). The van der Waals surface area contributed by atoms with Crippen LogP contribution in [0.15, 0.2) is 18.3 Å². The second-order valence-corrected chi connectivity index (χ2v) is 3.31. The fraction of sp³-hybridized carbons (Fsp3) is 0.333. The summed E-state index contributed by atoms with van der Waals surface area (Å²) in [6.07, 6.45) is 1.18. The molecule has 1 saturated heterocycles. The van der Waals surface area contributed by atoms with Crippen LogP contribution in [-0.2, 0) is 5.67 Å². The third kappa shape index (κ3) is 1.35. The van der Waals surface area contributed by atoms with E-state index in [1.807, 2.05) is 0 Å². The molecule has 5 heteroatoms. The van der Waals surface area contributed by atoms with Crippen molar-refractivity contribution < 1.29 is 14.3 Å². The van der Waals surface area contributed by atoms with Gasteiger partial charge in [-0.05, 0) is 12.1 Å². The molecule has 2 heterocycles. The van der Waals surface area contributed by atoms with Gasteiger partial charge in [-0.3, -0.25) is 4.98 Å². The van der Waals surface area contributed by atoms with Gasteiger partial charge in [-0.2, -0.15) is 0 Å². The molecule has 0 spiro atoms. The molecule has 1 aromatic rings. The zero-order chi connectivity index (χ0) is 10.2. The smallest absolute Gasteiger partial charge is 0.337 e. The Bertz CT molecular complexity index is 360. The van der Waals surface area contributed by atoms with Gasteiger partial charge in [0.15, 0.2) is 5.67 Å². The molecule has 1 fully saturated rings. The van der Waals surface area contributed by atoms with E-state index in [4.69, 9.17) is 5.11 Å².